The van der Waals surface area contributed by atoms with Gasteiger partial charge in [-0.1, -0.05) is 56.4 Å². The summed E-state index contributed by atoms with van der Waals surface area (Å²) in [6.07, 6.45) is 16.0. The van der Waals surface area contributed by atoms with Crippen LogP contribution in [0.3, 0.4) is 0 Å². The molecule has 2 aliphatic heterocycles. The molecule has 4 rings (SSSR count). The molecule has 0 bridgehead atoms. The van der Waals surface area contributed by atoms with E-state index in [9.17, 15) is 25.9 Å². The Kier molecular flexibility index (Phi) is 14.8. The minimum Gasteiger partial charge on any atom is -0.748 e. The van der Waals surface area contributed by atoms with E-state index < -0.39 is 20.2 Å². The Morgan fingerprint density at radius 1 is 0.750 bits per heavy atom. The quantitative estimate of drug-likeness (QED) is 0.0694. The molecule has 0 atom stereocenters. The monoisotopic (exact) mass is 926 g/mol. The number of fused-ring (bicyclic) bond motifs is 2. The summed E-state index contributed by atoms with van der Waals surface area (Å²) in [7, 11) is -8.47. The van der Waals surface area contributed by atoms with Crippen LogP contribution >= 0.6 is 45.2 Å². The molecule has 2 heterocycles. The van der Waals surface area contributed by atoms with Crippen molar-refractivity contribution in [1.82, 2.24) is 0 Å². The third-order valence-electron chi connectivity index (χ3n) is 8.68. The molecule has 0 saturated carbocycles. The van der Waals surface area contributed by atoms with Gasteiger partial charge in [0, 0.05) is 66.1 Å². The molecular formula is C35H41I2N2NaO6S2. The van der Waals surface area contributed by atoms with E-state index in [0.717, 1.165) is 22.8 Å². The van der Waals surface area contributed by atoms with E-state index in [0.29, 0.717) is 38.8 Å². The molecule has 13 heteroatoms. The Balaban J connectivity index is 0.00000625. The zero-order valence-electron chi connectivity index (χ0n) is 28.1. The first-order chi connectivity index (χ1) is 21.9. The van der Waals surface area contributed by atoms with Crippen molar-refractivity contribution in [2.45, 2.75) is 64.2 Å². The Labute approximate surface area is 335 Å². The average molecular weight is 927 g/mol. The zero-order chi connectivity index (χ0) is 34.6. The van der Waals surface area contributed by atoms with Crippen molar-refractivity contribution < 1.29 is 60.1 Å². The Hall–Kier alpha value is -0.850. The van der Waals surface area contributed by atoms with E-state index in [-0.39, 0.29) is 51.9 Å². The molecule has 0 fully saturated rings. The zero-order valence-corrected chi connectivity index (χ0v) is 36.0. The molecule has 8 nitrogen and oxygen atoms in total. The minimum atomic E-state index is -4.23. The predicted octanol–water partition coefficient (Wildman–Crippen LogP) is 4.28. The summed E-state index contributed by atoms with van der Waals surface area (Å²) in [6, 6.07) is 12.4. The second kappa shape index (κ2) is 17.1. The van der Waals surface area contributed by atoms with Gasteiger partial charge in [-0.3, -0.25) is 0 Å². The van der Waals surface area contributed by atoms with Crippen molar-refractivity contribution in [3.8, 4) is 0 Å². The van der Waals surface area contributed by atoms with Gasteiger partial charge in [-0.25, -0.2) is 16.8 Å². The number of allylic oxidation sites excluding steroid dienone is 8. The molecule has 0 amide bonds. The first kappa shape index (κ1) is 41.6. The van der Waals surface area contributed by atoms with E-state index in [1.54, 1.807) is 0 Å². The Morgan fingerprint density at radius 2 is 1.31 bits per heavy atom. The van der Waals surface area contributed by atoms with Crippen LogP contribution in [-0.2, 0) is 31.1 Å². The number of anilines is 1. The summed E-state index contributed by atoms with van der Waals surface area (Å²) in [5, 5.41) is 0. The normalized spacial score (nSPS) is 18.0. The van der Waals surface area contributed by atoms with Crippen LogP contribution < -0.4 is 34.5 Å². The van der Waals surface area contributed by atoms with Crippen LogP contribution in [0.25, 0.3) is 0 Å². The predicted molar refractivity (Wildman–Crippen MR) is 205 cm³/mol. The molecule has 0 radical (unpaired) electrons. The smallest absolute Gasteiger partial charge is 0.748 e. The van der Waals surface area contributed by atoms with Gasteiger partial charge in [-0.2, -0.15) is 4.58 Å². The molecule has 0 unspecified atom stereocenters. The topological polar surface area (TPSA) is 121 Å². The SMILES string of the molecule is CC1(C)C(/C=C/C=C/C=C/C=C2/N(CCCCS(=O)(=O)[O-])c3cccc(I)c3C2(C)C)=[N+](CCCCS(=O)(=O)[O-])c2cccc(I)c21.[Na+]. The van der Waals surface area contributed by atoms with Crippen LogP contribution in [0.2, 0.25) is 0 Å². The van der Waals surface area contributed by atoms with Crippen molar-refractivity contribution in [3.05, 3.63) is 103 Å². The van der Waals surface area contributed by atoms with Crippen LogP contribution in [0, 0.1) is 7.14 Å². The fourth-order valence-electron chi connectivity index (χ4n) is 6.57. The van der Waals surface area contributed by atoms with Crippen molar-refractivity contribution in [1.29, 1.82) is 0 Å². The van der Waals surface area contributed by atoms with Crippen molar-refractivity contribution >= 4 is 82.5 Å². The summed E-state index contributed by atoms with van der Waals surface area (Å²) < 4.78 is 71.3. The maximum atomic E-state index is 11.1. The molecule has 0 saturated heterocycles. The van der Waals surface area contributed by atoms with Crippen molar-refractivity contribution in [2.24, 2.45) is 0 Å². The molecule has 0 aromatic heterocycles. The number of nitrogens with zero attached hydrogens (tertiary/aromatic N) is 2. The molecule has 48 heavy (non-hydrogen) atoms. The summed E-state index contributed by atoms with van der Waals surface area (Å²) in [5.74, 6) is -0.711. The maximum Gasteiger partial charge on any atom is 1.00 e. The summed E-state index contributed by atoms with van der Waals surface area (Å²) >= 11 is 4.73. The van der Waals surface area contributed by atoms with Crippen LogP contribution in [0.15, 0.2) is 84.6 Å². The molecule has 0 spiro atoms. The summed E-state index contributed by atoms with van der Waals surface area (Å²) in [4.78, 5) is 2.24. The number of benzene rings is 2. The van der Waals surface area contributed by atoms with Gasteiger partial charge in [0.05, 0.1) is 31.2 Å². The van der Waals surface area contributed by atoms with E-state index >= 15 is 0 Å². The van der Waals surface area contributed by atoms with E-state index in [1.165, 1.54) is 18.3 Å². The molecule has 2 aromatic carbocycles. The third kappa shape index (κ3) is 10.1. The fraction of sp³-hybridized carbons (Fsp3) is 0.400. The second-order valence-corrected chi connectivity index (χ2v) is 18.2. The summed E-state index contributed by atoms with van der Waals surface area (Å²) in [5.41, 5.74) is 6.39. The fourth-order valence-corrected chi connectivity index (χ4v) is 10.00. The second-order valence-electron chi connectivity index (χ2n) is 12.8. The van der Waals surface area contributed by atoms with E-state index in [4.69, 9.17) is 0 Å². The van der Waals surface area contributed by atoms with Gasteiger partial charge in [0.2, 0.25) is 5.69 Å². The first-order valence-corrected chi connectivity index (χ1v) is 20.9. The maximum absolute atomic E-state index is 11.1. The molecular weight excluding hydrogens is 885 g/mol. The van der Waals surface area contributed by atoms with Gasteiger partial charge >= 0.3 is 29.6 Å². The van der Waals surface area contributed by atoms with Crippen LogP contribution in [0.4, 0.5) is 11.4 Å². The van der Waals surface area contributed by atoms with Gasteiger partial charge in [-0.05, 0) is 103 Å². The number of hydrogen-bond acceptors (Lipinski definition) is 7. The van der Waals surface area contributed by atoms with Gasteiger partial charge in [0.1, 0.15) is 6.54 Å². The van der Waals surface area contributed by atoms with Crippen LogP contribution in [0.5, 0.6) is 0 Å². The Bertz CT molecular complexity index is 1880. The minimum absolute atomic E-state index is 0. The number of halogens is 2. The average Bonchev–Trinajstić information content (AvgIpc) is 3.31. The van der Waals surface area contributed by atoms with Crippen LogP contribution in [0.1, 0.15) is 64.5 Å². The van der Waals surface area contributed by atoms with Gasteiger partial charge in [0.25, 0.3) is 0 Å². The third-order valence-corrected chi connectivity index (χ3v) is 12.1. The van der Waals surface area contributed by atoms with Crippen molar-refractivity contribution in [2.75, 3.05) is 29.5 Å². The van der Waals surface area contributed by atoms with Crippen LogP contribution in [-0.4, -0.2) is 60.8 Å². The Morgan fingerprint density at radius 3 is 1.96 bits per heavy atom. The van der Waals surface area contributed by atoms with Crippen molar-refractivity contribution in [3.63, 3.8) is 0 Å². The number of unbranched alkanes of at least 4 members (excludes halogenated alkanes) is 2. The van der Waals surface area contributed by atoms with Gasteiger partial charge in [0.15, 0.2) is 5.71 Å². The van der Waals surface area contributed by atoms with E-state index in [1.807, 2.05) is 42.5 Å². The van der Waals surface area contributed by atoms with E-state index in [2.05, 4.69) is 119 Å². The summed E-state index contributed by atoms with van der Waals surface area (Å²) in [6.45, 7) is 10.0. The number of hydrogen-bond donors (Lipinski definition) is 0. The molecule has 2 aliphatic rings. The van der Waals surface area contributed by atoms with Gasteiger partial charge < -0.3 is 14.0 Å². The first-order valence-electron chi connectivity index (χ1n) is 15.5. The molecule has 0 aliphatic carbocycles. The molecule has 254 valence electrons. The number of rotatable bonds is 14. The largest absolute Gasteiger partial charge is 1.00 e. The molecule has 0 N–H and O–H groups in total. The molecule has 2 aromatic rings. The standard InChI is InChI=1S/C35H42I2N2O6S2.Na/c1-34(2)30(38(22-10-12-24-46(40,41)42)28-18-14-16-26(36)32(28)34)20-8-6-5-7-9-21-31-35(3,4)33-27(37)17-15-19-29(33)39(31)23-11-13-25-47(43,44)45;/h5-9,14-21H,10-13,22-25H2,1-4H3,(H-,40,41,42,43,44,45);/q;+1/p-1. The van der Waals surface area contributed by atoms with Gasteiger partial charge in [-0.15, -0.1) is 0 Å².